The molecule has 1 unspecified atom stereocenters. The van der Waals surface area contributed by atoms with Crippen LogP contribution >= 0.6 is 0 Å². The number of hydrogen-bond acceptors (Lipinski definition) is 3. The molecule has 1 aromatic carbocycles. The fourth-order valence-electron chi connectivity index (χ4n) is 2.52. The standard InChI is InChI=1S/C17H25N3O2/c1-4-5-6-7-18-16(21)10-15-17(22)20-14-9-12(3)11(2)8-13(14)19-15/h8-9,15,19H,4-7,10H2,1-3H3,(H,18,21)(H,20,22). The summed E-state index contributed by atoms with van der Waals surface area (Å²) in [5.41, 5.74) is 3.96. The van der Waals surface area contributed by atoms with Crippen molar-refractivity contribution in [2.24, 2.45) is 0 Å². The lowest BCUT2D eigenvalue weighted by Crippen LogP contribution is -2.42. The minimum atomic E-state index is -0.513. The molecule has 5 nitrogen and oxygen atoms in total. The van der Waals surface area contributed by atoms with E-state index in [0.29, 0.717) is 6.54 Å². The van der Waals surface area contributed by atoms with Gasteiger partial charge in [0.1, 0.15) is 6.04 Å². The van der Waals surface area contributed by atoms with Crippen molar-refractivity contribution in [2.75, 3.05) is 17.2 Å². The van der Waals surface area contributed by atoms with Crippen LogP contribution < -0.4 is 16.0 Å². The quantitative estimate of drug-likeness (QED) is 0.708. The molecule has 1 atom stereocenters. The van der Waals surface area contributed by atoms with Crippen molar-refractivity contribution in [3.8, 4) is 0 Å². The van der Waals surface area contributed by atoms with Crippen molar-refractivity contribution in [1.82, 2.24) is 5.32 Å². The highest BCUT2D eigenvalue weighted by Crippen LogP contribution is 2.30. The Morgan fingerprint density at radius 2 is 1.86 bits per heavy atom. The van der Waals surface area contributed by atoms with Gasteiger partial charge in [-0.15, -0.1) is 0 Å². The van der Waals surface area contributed by atoms with Gasteiger partial charge >= 0.3 is 0 Å². The minimum Gasteiger partial charge on any atom is -0.372 e. The summed E-state index contributed by atoms with van der Waals surface area (Å²) in [4.78, 5) is 24.0. The second-order valence-electron chi connectivity index (χ2n) is 5.93. The highest BCUT2D eigenvalue weighted by atomic mass is 16.2. The Hall–Kier alpha value is -2.04. The number of amides is 2. The number of hydrogen-bond donors (Lipinski definition) is 3. The van der Waals surface area contributed by atoms with Gasteiger partial charge in [0.15, 0.2) is 0 Å². The van der Waals surface area contributed by atoms with Crippen LogP contribution in [0.3, 0.4) is 0 Å². The molecule has 22 heavy (non-hydrogen) atoms. The smallest absolute Gasteiger partial charge is 0.247 e. The van der Waals surface area contributed by atoms with Crippen LogP contribution in [-0.2, 0) is 9.59 Å². The Morgan fingerprint density at radius 3 is 2.55 bits per heavy atom. The first-order chi connectivity index (χ1) is 10.5. The maximum atomic E-state index is 12.1. The zero-order valence-electron chi connectivity index (χ0n) is 13.6. The Morgan fingerprint density at radius 1 is 1.18 bits per heavy atom. The fourth-order valence-corrected chi connectivity index (χ4v) is 2.52. The van der Waals surface area contributed by atoms with E-state index in [2.05, 4.69) is 22.9 Å². The minimum absolute atomic E-state index is 0.0870. The molecule has 0 aliphatic carbocycles. The van der Waals surface area contributed by atoms with Gasteiger partial charge in [0.2, 0.25) is 11.8 Å². The number of carbonyl (C=O) groups excluding carboxylic acids is 2. The SMILES string of the molecule is CCCCCNC(=O)CC1Nc2cc(C)c(C)cc2NC1=O. The maximum absolute atomic E-state index is 12.1. The first kappa shape index (κ1) is 16.3. The molecule has 0 saturated heterocycles. The highest BCUT2D eigenvalue weighted by Gasteiger charge is 2.27. The molecule has 2 amide bonds. The Balaban J connectivity index is 1.94. The van der Waals surface area contributed by atoms with Crippen molar-refractivity contribution < 1.29 is 9.59 Å². The molecule has 0 spiro atoms. The number of aryl methyl sites for hydroxylation is 2. The average molecular weight is 303 g/mol. The third-order valence-corrected chi connectivity index (χ3v) is 4.03. The van der Waals surface area contributed by atoms with Crippen LogP contribution in [0.5, 0.6) is 0 Å². The van der Waals surface area contributed by atoms with Crippen LogP contribution in [0.2, 0.25) is 0 Å². The van der Waals surface area contributed by atoms with Crippen molar-refractivity contribution in [3.05, 3.63) is 23.3 Å². The van der Waals surface area contributed by atoms with E-state index in [1.54, 1.807) is 0 Å². The second kappa shape index (κ2) is 7.29. The van der Waals surface area contributed by atoms with Crippen LogP contribution in [0.4, 0.5) is 11.4 Å². The zero-order chi connectivity index (χ0) is 16.1. The van der Waals surface area contributed by atoms with Crippen molar-refractivity contribution in [3.63, 3.8) is 0 Å². The number of carbonyl (C=O) groups is 2. The van der Waals surface area contributed by atoms with E-state index >= 15 is 0 Å². The summed E-state index contributed by atoms with van der Waals surface area (Å²) in [5.74, 6) is -0.240. The van der Waals surface area contributed by atoms with Crippen LogP contribution in [0.25, 0.3) is 0 Å². The molecule has 0 aromatic heterocycles. The van der Waals surface area contributed by atoms with Crippen molar-refractivity contribution >= 4 is 23.2 Å². The predicted octanol–water partition coefficient (Wildman–Crippen LogP) is 2.73. The lowest BCUT2D eigenvalue weighted by molar-refractivity contribution is -0.125. The molecule has 0 radical (unpaired) electrons. The monoisotopic (exact) mass is 303 g/mol. The van der Waals surface area contributed by atoms with Crippen LogP contribution in [0.1, 0.15) is 43.7 Å². The van der Waals surface area contributed by atoms with Gasteiger partial charge < -0.3 is 16.0 Å². The third-order valence-electron chi connectivity index (χ3n) is 4.03. The molecule has 120 valence electrons. The molecular formula is C17H25N3O2. The average Bonchev–Trinajstić information content (AvgIpc) is 2.47. The Kier molecular flexibility index (Phi) is 5.41. The summed E-state index contributed by atoms with van der Waals surface area (Å²) in [6, 6.07) is 3.45. The molecule has 1 aromatic rings. The van der Waals surface area contributed by atoms with Crippen LogP contribution in [0.15, 0.2) is 12.1 Å². The lowest BCUT2D eigenvalue weighted by atomic mass is 10.0. The molecule has 0 bridgehead atoms. The van der Waals surface area contributed by atoms with E-state index in [1.807, 2.05) is 26.0 Å². The summed E-state index contributed by atoms with van der Waals surface area (Å²) in [6.45, 7) is 6.84. The number of anilines is 2. The number of fused-ring (bicyclic) bond motifs is 1. The van der Waals surface area contributed by atoms with E-state index in [-0.39, 0.29) is 18.2 Å². The number of rotatable bonds is 6. The topological polar surface area (TPSA) is 70.2 Å². The molecular weight excluding hydrogens is 278 g/mol. The molecule has 0 saturated carbocycles. The van der Waals surface area contributed by atoms with Gasteiger partial charge in [-0.05, 0) is 43.5 Å². The normalized spacial score (nSPS) is 16.5. The fraction of sp³-hybridized carbons (Fsp3) is 0.529. The van der Waals surface area contributed by atoms with E-state index in [9.17, 15) is 9.59 Å². The van der Waals surface area contributed by atoms with E-state index in [0.717, 1.165) is 41.8 Å². The van der Waals surface area contributed by atoms with Crippen molar-refractivity contribution in [1.29, 1.82) is 0 Å². The Labute approximate surface area is 131 Å². The largest absolute Gasteiger partial charge is 0.372 e. The number of benzene rings is 1. The molecule has 3 N–H and O–H groups in total. The second-order valence-corrected chi connectivity index (χ2v) is 5.93. The van der Waals surface area contributed by atoms with Gasteiger partial charge in [-0.25, -0.2) is 0 Å². The zero-order valence-corrected chi connectivity index (χ0v) is 13.6. The molecule has 2 rings (SSSR count). The highest BCUT2D eigenvalue weighted by molar-refractivity contribution is 6.05. The molecule has 1 aliphatic heterocycles. The maximum Gasteiger partial charge on any atom is 0.247 e. The Bertz CT molecular complexity index is 569. The van der Waals surface area contributed by atoms with E-state index in [4.69, 9.17) is 0 Å². The third kappa shape index (κ3) is 4.00. The summed E-state index contributed by atoms with van der Waals surface area (Å²) in [5, 5.41) is 8.92. The molecule has 1 heterocycles. The summed E-state index contributed by atoms with van der Waals surface area (Å²) in [7, 11) is 0. The molecule has 0 fully saturated rings. The number of unbranched alkanes of at least 4 members (excludes halogenated alkanes) is 2. The van der Waals surface area contributed by atoms with E-state index < -0.39 is 6.04 Å². The van der Waals surface area contributed by atoms with Gasteiger partial charge in [0.05, 0.1) is 17.8 Å². The van der Waals surface area contributed by atoms with Crippen LogP contribution in [0, 0.1) is 13.8 Å². The van der Waals surface area contributed by atoms with Gasteiger partial charge in [-0.1, -0.05) is 19.8 Å². The van der Waals surface area contributed by atoms with Crippen LogP contribution in [-0.4, -0.2) is 24.4 Å². The summed E-state index contributed by atoms with van der Waals surface area (Å²) < 4.78 is 0. The van der Waals surface area contributed by atoms with Gasteiger partial charge in [-0.2, -0.15) is 0 Å². The van der Waals surface area contributed by atoms with Gasteiger partial charge in [0, 0.05) is 6.54 Å². The first-order valence-corrected chi connectivity index (χ1v) is 7.96. The van der Waals surface area contributed by atoms with Gasteiger partial charge in [-0.3, -0.25) is 9.59 Å². The summed E-state index contributed by atoms with van der Waals surface area (Å²) in [6.07, 6.45) is 3.37. The lowest BCUT2D eigenvalue weighted by Gasteiger charge is -2.27. The first-order valence-electron chi connectivity index (χ1n) is 7.96. The predicted molar refractivity (Wildman–Crippen MR) is 89.1 cm³/mol. The van der Waals surface area contributed by atoms with E-state index in [1.165, 1.54) is 0 Å². The molecule has 5 heteroatoms. The summed E-state index contributed by atoms with van der Waals surface area (Å²) >= 11 is 0. The van der Waals surface area contributed by atoms with Gasteiger partial charge in [0.25, 0.3) is 0 Å². The molecule has 1 aliphatic rings. The van der Waals surface area contributed by atoms with Crippen molar-refractivity contribution in [2.45, 2.75) is 52.5 Å². The number of nitrogens with one attached hydrogen (secondary N) is 3.